The van der Waals surface area contributed by atoms with E-state index in [1.54, 1.807) is 0 Å². The lowest BCUT2D eigenvalue weighted by Crippen LogP contribution is -2.40. The Morgan fingerprint density at radius 2 is 2.33 bits per heavy atom. The molecule has 4 heteroatoms. The number of rotatable bonds is 4. The minimum atomic E-state index is 0.617. The summed E-state index contributed by atoms with van der Waals surface area (Å²) in [4.78, 5) is 6.77. The molecule has 1 saturated carbocycles. The number of nitrogens with one attached hydrogen (secondary N) is 1. The second-order valence-electron chi connectivity index (χ2n) is 5.23. The van der Waals surface area contributed by atoms with Crippen molar-refractivity contribution in [2.45, 2.75) is 32.9 Å². The van der Waals surface area contributed by atoms with E-state index >= 15 is 0 Å². The van der Waals surface area contributed by atoms with E-state index in [1.807, 2.05) is 0 Å². The summed E-state index contributed by atoms with van der Waals surface area (Å²) in [5, 5.41) is 3.54. The van der Waals surface area contributed by atoms with Gasteiger partial charge >= 0.3 is 0 Å². The lowest BCUT2D eigenvalue weighted by molar-refractivity contribution is 0.458. The van der Waals surface area contributed by atoms with Gasteiger partial charge in [-0.05, 0) is 31.4 Å². The largest absolute Gasteiger partial charge is 0.353 e. The Balaban J connectivity index is 1.97. The number of aromatic nitrogens is 1. The zero-order valence-electron chi connectivity index (χ0n) is 11.8. The van der Waals surface area contributed by atoms with E-state index < -0.39 is 0 Å². The van der Waals surface area contributed by atoms with Crippen molar-refractivity contribution >= 4 is 5.96 Å². The molecule has 2 atom stereocenters. The Labute approximate surface area is 110 Å². The summed E-state index contributed by atoms with van der Waals surface area (Å²) in [5.74, 6) is 1.81. The number of guanidine groups is 1. The lowest BCUT2D eigenvalue weighted by Gasteiger charge is -2.22. The number of aryl methyl sites for hydroxylation is 1. The van der Waals surface area contributed by atoms with Gasteiger partial charge in [-0.1, -0.05) is 6.92 Å². The molecule has 1 aromatic rings. The van der Waals surface area contributed by atoms with Crippen LogP contribution in [0.5, 0.6) is 0 Å². The minimum absolute atomic E-state index is 0.617. The van der Waals surface area contributed by atoms with Crippen molar-refractivity contribution in [1.82, 2.24) is 14.8 Å². The van der Waals surface area contributed by atoms with Gasteiger partial charge in [-0.25, -0.2) is 0 Å². The molecule has 100 valence electrons. The van der Waals surface area contributed by atoms with Crippen molar-refractivity contribution in [2.75, 3.05) is 13.6 Å². The van der Waals surface area contributed by atoms with E-state index in [0.29, 0.717) is 6.04 Å². The molecule has 0 spiro atoms. The molecule has 0 radical (unpaired) electrons. The summed E-state index contributed by atoms with van der Waals surface area (Å²) in [6.07, 6.45) is 3.34. The average Bonchev–Trinajstić information content (AvgIpc) is 2.87. The first kappa shape index (κ1) is 13.0. The first-order valence-corrected chi connectivity index (χ1v) is 6.74. The molecule has 1 heterocycles. The van der Waals surface area contributed by atoms with Gasteiger partial charge in [0.1, 0.15) is 0 Å². The van der Waals surface area contributed by atoms with Gasteiger partial charge in [0.15, 0.2) is 5.96 Å². The van der Waals surface area contributed by atoms with Crippen LogP contribution in [-0.2, 0) is 13.6 Å². The molecule has 18 heavy (non-hydrogen) atoms. The highest BCUT2D eigenvalue weighted by Gasteiger charge is 2.33. The Morgan fingerprint density at radius 3 is 2.83 bits per heavy atom. The van der Waals surface area contributed by atoms with Crippen LogP contribution in [0, 0.1) is 5.92 Å². The third-order valence-corrected chi connectivity index (χ3v) is 3.54. The summed E-state index contributed by atoms with van der Waals surface area (Å²) in [5.41, 5.74) is 1.30. The Morgan fingerprint density at radius 1 is 1.61 bits per heavy atom. The monoisotopic (exact) mass is 248 g/mol. The molecule has 1 aliphatic carbocycles. The van der Waals surface area contributed by atoms with Crippen molar-refractivity contribution in [3.05, 3.63) is 24.0 Å². The highest BCUT2D eigenvalue weighted by molar-refractivity contribution is 5.80. The minimum Gasteiger partial charge on any atom is -0.353 e. The van der Waals surface area contributed by atoms with Crippen LogP contribution in [0.25, 0.3) is 0 Å². The quantitative estimate of drug-likeness (QED) is 0.651. The van der Waals surface area contributed by atoms with Gasteiger partial charge in [0.25, 0.3) is 0 Å². The van der Waals surface area contributed by atoms with Gasteiger partial charge in [-0.3, -0.25) is 4.99 Å². The topological polar surface area (TPSA) is 32.6 Å². The lowest BCUT2D eigenvalue weighted by atomic mass is 10.4. The molecule has 1 N–H and O–H groups in total. The summed E-state index contributed by atoms with van der Waals surface area (Å²) in [7, 11) is 4.18. The SMILES string of the molecule is CCN=C(NC1CC1C)N(C)Cc1cccn1C. The summed E-state index contributed by atoms with van der Waals surface area (Å²) in [6, 6.07) is 4.85. The van der Waals surface area contributed by atoms with Crippen molar-refractivity contribution in [1.29, 1.82) is 0 Å². The second kappa shape index (κ2) is 5.46. The molecule has 2 rings (SSSR count). The third-order valence-electron chi connectivity index (χ3n) is 3.54. The predicted octanol–water partition coefficient (Wildman–Crippen LogP) is 1.83. The molecule has 1 aliphatic rings. The van der Waals surface area contributed by atoms with Crippen molar-refractivity contribution < 1.29 is 0 Å². The zero-order valence-corrected chi connectivity index (χ0v) is 11.8. The molecular formula is C14H24N4. The average molecular weight is 248 g/mol. The maximum Gasteiger partial charge on any atom is 0.194 e. The first-order chi connectivity index (χ1) is 8.61. The Bertz CT molecular complexity index is 421. The highest BCUT2D eigenvalue weighted by Crippen LogP contribution is 2.29. The standard InChI is InChI=1S/C14H24N4/c1-5-15-14(16-13-9-11(13)2)18(4)10-12-7-6-8-17(12)3/h6-8,11,13H,5,9-10H2,1-4H3,(H,15,16). The van der Waals surface area contributed by atoms with E-state index in [1.165, 1.54) is 12.1 Å². The number of nitrogens with zero attached hydrogens (tertiary/aromatic N) is 3. The second-order valence-corrected chi connectivity index (χ2v) is 5.23. The Hall–Kier alpha value is -1.45. The van der Waals surface area contributed by atoms with Gasteiger partial charge in [-0.15, -0.1) is 0 Å². The highest BCUT2D eigenvalue weighted by atomic mass is 15.3. The van der Waals surface area contributed by atoms with E-state index in [0.717, 1.165) is 25.0 Å². The van der Waals surface area contributed by atoms with E-state index in [4.69, 9.17) is 0 Å². The molecular weight excluding hydrogens is 224 g/mol. The molecule has 0 bridgehead atoms. The Kier molecular flexibility index (Phi) is 3.94. The van der Waals surface area contributed by atoms with Crippen molar-refractivity contribution in [2.24, 2.45) is 18.0 Å². The van der Waals surface area contributed by atoms with E-state index in [2.05, 4.69) is 66.0 Å². The zero-order chi connectivity index (χ0) is 13.1. The van der Waals surface area contributed by atoms with Crippen LogP contribution < -0.4 is 5.32 Å². The predicted molar refractivity (Wildman–Crippen MR) is 75.6 cm³/mol. The molecule has 0 aromatic carbocycles. The molecule has 0 saturated heterocycles. The molecule has 0 aliphatic heterocycles. The van der Waals surface area contributed by atoms with Gasteiger partial charge in [0.2, 0.25) is 0 Å². The fraction of sp³-hybridized carbons (Fsp3) is 0.643. The fourth-order valence-corrected chi connectivity index (χ4v) is 2.09. The maximum absolute atomic E-state index is 4.57. The number of hydrogen-bond acceptors (Lipinski definition) is 1. The van der Waals surface area contributed by atoms with Crippen LogP contribution in [0.15, 0.2) is 23.3 Å². The molecule has 0 amide bonds. The van der Waals surface area contributed by atoms with Crippen LogP contribution in [0.2, 0.25) is 0 Å². The number of hydrogen-bond donors (Lipinski definition) is 1. The first-order valence-electron chi connectivity index (χ1n) is 6.74. The molecule has 2 unspecified atom stereocenters. The summed E-state index contributed by atoms with van der Waals surface area (Å²) >= 11 is 0. The fourth-order valence-electron chi connectivity index (χ4n) is 2.09. The van der Waals surface area contributed by atoms with Crippen LogP contribution in [0.3, 0.4) is 0 Å². The normalized spacial score (nSPS) is 23.0. The van der Waals surface area contributed by atoms with Gasteiger partial charge in [-0.2, -0.15) is 0 Å². The molecule has 1 aromatic heterocycles. The van der Waals surface area contributed by atoms with Crippen LogP contribution in [0.4, 0.5) is 0 Å². The van der Waals surface area contributed by atoms with Crippen LogP contribution >= 0.6 is 0 Å². The third kappa shape index (κ3) is 3.06. The van der Waals surface area contributed by atoms with Crippen molar-refractivity contribution in [3.63, 3.8) is 0 Å². The van der Waals surface area contributed by atoms with Crippen LogP contribution in [-0.4, -0.2) is 35.1 Å². The van der Waals surface area contributed by atoms with E-state index in [9.17, 15) is 0 Å². The summed E-state index contributed by atoms with van der Waals surface area (Å²) < 4.78 is 2.15. The summed E-state index contributed by atoms with van der Waals surface area (Å²) in [6.45, 7) is 6.06. The number of aliphatic imine (C=N–C) groups is 1. The van der Waals surface area contributed by atoms with Crippen LogP contribution in [0.1, 0.15) is 26.0 Å². The van der Waals surface area contributed by atoms with Crippen molar-refractivity contribution in [3.8, 4) is 0 Å². The van der Waals surface area contributed by atoms with Gasteiger partial charge in [0, 0.05) is 38.6 Å². The maximum atomic E-state index is 4.57. The van der Waals surface area contributed by atoms with E-state index in [-0.39, 0.29) is 0 Å². The molecule has 1 fully saturated rings. The van der Waals surface area contributed by atoms with Gasteiger partial charge < -0.3 is 14.8 Å². The van der Waals surface area contributed by atoms with Gasteiger partial charge in [0.05, 0.1) is 6.54 Å². The smallest absolute Gasteiger partial charge is 0.194 e. The molecule has 4 nitrogen and oxygen atoms in total.